The molecule has 0 saturated heterocycles. The van der Waals surface area contributed by atoms with Gasteiger partial charge in [0.25, 0.3) is 0 Å². The highest BCUT2D eigenvalue weighted by atomic mass is 16.3. The maximum atomic E-state index is 12.1. The van der Waals surface area contributed by atoms with Crippen molar-refractivity contribution in [3.63, 3.8) is 0 Å². The minimum Gasteiger partial charge on any atom is -0.506 e. The van der Waals surface area contributed by atoms with Crippen LogP contribution in [-0.2, 0) is 11.2 Å². The van der Waals surface area contributed by atoms with E-state index >= 15 is 0 Å². The van der Waals surface area contributed by atoms with Crippen molar-refractivity contribution in [3.05, 3.63) is 59.7 Å². The largest absolute Gasteiger partial charge is 0.506 e. The van der Waals surface area contributed by atoms with Crippen LogP contribution in [0.15, 0.2) is 48.5 Å². The zero-order valence-electron chi connectivity index (χ0n) is 13.2. The fourth-order valence-corrected chi connectivity index (χ4v) is 2.31. The summed E-state index contributed by atoms with van der Waals surface area (Å²) in [4.78, 5) is 12.1. The second-order valence-corrected chi connectivity index (χ2v) is 5.62. The van der Waals surface area contributed by atoms with Crippen LogP contribution in [0.2, 0.25) is 0 Å². The Balaban J connectivity index is 1.99. The van der Waals surface area contributed by atoms with Crippen LogP contribution in [0.5, 0.6) is 5.75 Å². The second kappa shape index (κ2) is 7.64. The van der Waals surface area contributed by atoms with Crippen LogP contribution in [0.1, 0.15) is 43.7 Å². The molecule has 0 unspecified atom stereocenters. The molecule has 3 nitrogen and oxygen atoms in total. The molecule has 0 fully saturated rings. The van der Waals surface area contributed by atoms with Gasteiger partial charge in [-0.15, -0.1) is 0 Å². The summed E-state index contributed by atoms with van der Waals surface area (Å²) < 4.78 is 0. The third kappa shape index (κ3) is 4.35. The van der Waals surface area contributed by atoms with Crippen molar-refractivity contribution in [2.24, 2.45) is 0 Å². The summed E-state index contributed by atoms with van der Waals surface area (Å²) in [6.07, 6.45) is 2.11. The molecule has 0 spiro atoms. The zero-order chi connectivity index (χ0) is 15.9. The lowest BCUT2D eigenvalue weighted by atomic mass is 9.98. The quantitative estimate of drug-likeness (QED) is 0.772. The van der Waals surface area contributed by atoms with Crippen molar-refractivity contribution in [2.75, 3.05) is 5.32 Å². The van der Waals surface area contributed by atoms with Crippen LogP contribution in [0.25, 0.3) is 0 Å². The van der Waals surface area contributed by atoms with E-state index in [4.69, 9.17) is 0 Å². The number of phenols is 1. The van der Waals surface area contributed by atoms with E-state index in [1.54, 1.807) is 6.07 Å². The molecule has 0 radical (unpaired) electrons. The Kier molecular flexibility index (Phi) is 5.59. The maximum absolute atomic E-state index is 12.1. The van der Waals surface area contributed by atoms with Gasteiger partial charge in [0, 0.05) is 6.42 Å². The standard InChI is InChI=1S/C19H23NO2/c1-3-14(2)16-10-11-18(21)17(13-16)20-19(22)12-9-15-7-5-4-6-8-15/h4-8,10-11,13-14,21H,3,9,12H2,1-2H3,(H,20,22)/t14-/m1/s1. The molecule has 0 aliphatic rings. The Morgan fingerprint density at radius 1 is 1.18 bits per heavy atom. The summed E-state index contributed by atoms with van der Waals surface area (Å²) in [5, 5.41) is 12.7. The van der Waals surface area contributed by atoms with Gasteiger partial charge in [-0.25, -0.2) is 0 Å². The summed E-state index contributed by atoms with van der Waals surface area (Å²) in [6.45, 7) is 4.25. The zero-order valence-corrected chi connectivity index (χ0v) is 13.2. The van der Waals surface area contributed by atoms with Gasteiger partial charge in [-0.05, 0) is 42.0 Å². The van der Waals surface area contributed by atoms with E-state index < -0.39 is 0 Å². The number of amides is 1. The molecule has 0 saturated carbocycles. The normalized spacial score (nSPS) is 11.9. The first-order chi connectivity index (χ1) is 10.6. The first-order valence-corrected chi connectivity index (χ1v) is 7.76. The predicted octanol–water partition coefficient (Wildman–Crippen LogP) is 4.48. The summed E-state index contributed by atoms with van der Waals surface area (Å²) in [5.41, 5.74) is 2.75. The van der Waals surface area contributed by atoms with Crippen molar-refractivity contribution in [3.8, 4) is 5.75 Å². The van der Waals surface area contributed by atoms with Crippen LogP contribution < -0.4 is 5.32 Å². The van der Waals surface area contributed by atoms with Crippen LogP contribution in [0.4, 0.5) is 5.69 Å². The predicted molar refractivity (Wildman–Crippen MR) is 90.2 cm³/mol. The van der Waals surface area contributed by atoms with Gasteiger partial charge in [-0.3, -0.25) is 4.79 Å². The van der Waals surface area contributed by atoms with E-state index in [1.807, 2.05) is 42.5 Å². The van der Waals surface area contributed by atoms with E-state index in [0.29, 0.717) is 24.4 Å². The first kappa shape index (κ1) is 16.1. The summed E-state index contributed by atoms with van der Waals surface area (Å²) in [7, 11) is 0. The average Bonchev–Trinajstić information content (AvgIpc) is 2.55. The van der Waals surface area contributed by atoms with Gasteiger partial charge in [0.05, 0.1) is 5.69 Å². The maximum Gasteiger partial charge on any atom is 0.224 e. The Hall–Kier alpha value is -2.29. The number of hydrogen-bond acceptors (Lipinski definition) is 2. The van der Waals surface area contributed by atoms with Crippen molar-refractivity contribution >= 4 is 11.6 Å². The lowest BCUT2D eigenvalue weighted by Crippen LogP contribution is -2.12. The number of aromatic hydroxyl groups is 1. The lowest BCUT2D eigenvalue weighted by Gasteiger charge is -2.13. The smallest absolute Gasteiger partial charge is 0.224 e. The molecule has 1 amide bonds. The van der Waals surface area contributed by atoms with Gasteiger partial charge < -0.3 is 10.4 Å². The van der Waals surface area contributed by atoms with Crippen molar-refractivity contribution in [1.82, 2.24) is 0 Å². The average molecular weight is 297 g/mol. The van der Waals surface area contributed by atoms with Crippen LogP contribution in [0.3, 0.4) is 0 Å². The van der Waals surface area contributed by atoms with Gasteiger partial charge in [0.15, 0.2) is 0 Å². The molecular weight excluding hydrogens is 274 g/mol. The molecule has 2 aromatic carbocycles. The van der Waals surface area contributed by atoms with Gasteiger partial charge in [-0.2, -0.15) is 0 Å². The van der Waals surface area contributed by atoms with Crippen LogP contribution in [0, 0.1) is 0 Å². The fourth-order valence-electron chi connectivity index (χ4n) is 2.31. The molecule has 0 bridgehead atoms. The SMILES string of the molecule is CC[C@@H](C)c1ccc(O)c(NC(=O)CCc2ccccc2)c1. The summed E-state index contributed by atoms with van der Waals surface area (Å²) in [6, 6.07) is 15.3. The highest BCUT2D eigenvalue weighted by Gasteiger charge is 2.10. The monoisotopic (exact) mass is 297 g/mol. The minimum absolute atomic E-state index is 0.0829. The van der Waals surface area contributed by atoms with Gasteiger partial charge in [-0.1, -0.05) is 50.2 Å². The molecule has 1 atom stereocenters. The molecule has 0 aliphatic carbocycles. The summed E-state index contributed by atoms with van der Waals surface area (Å²) >= 11 is 0. The van der Waals surface area contributed by atoms with E-state index in [-0.39, 0.29) is 11.7 Å². The van der Waals surface area contributed by atoms with Crippen LogP contribution >= 0.6 is 0 Å². The highest BCUT2D eigenvalue weighted by molar-refractivity contribution is 5.92. The molecule has 2 aromatic rings. The summed E-state index contributed by atoms with van der Waals surface area (Å²) in [5.74, 6) is 0.432. The van der Waals surface area contributed by atoms with Crippen molar-refractivity contribution in [2.45, 2.75) is 39.0 Å². The Morgan fingerprint density at radius 3 is 2.59 bits per heavy atom. The van der Waals surface area contributed by atoms with E-state index in [9.17, 15) is 9.90 Å². The number of carbonyl (C=O) groups is 1. The second-order valence-electron chi connectivity index (χ2n) is 5.62. The van der Waals surface area contributed by atoms with Gasteiger partial charge in [0.2, 0.25) is 5.91 Å². The number of rotatable bonds is 6. The number of phenolic OH excluding ortho intramolecular Hbond substituents is 1. The van der Waals surface area contributed by atoms with Crippen molar-refractivity contribution < 1.29 is 9.90 Å². The molecule has 3 heteroatoms. The Labute approximate surface area is 132 Å². The third-order valence-electron chi connectivity index (χ3n) is 3.96. The first-order valence-electron chi connectivity index (χ1n) is 7.76. The molecule has 2 rings (SSSR count). The number of aryl methyl sites for hydroxylation is 1. The number of benzene rings is 2. The molecule has 0 heterocycles. The molecule has 2 N–H and O–H groups in total. The van der Waals surface area contributed by atoms with E-state index in [2.05, 4.69) is 19.2 Å². The van der Waals surface area contributed by atoms with Crippen LogP contribution in [-0.4, -0.2) is 11.0 Å². The minimum atomic E-state index is -0.0829. The molecule has 116 valence electrons. The Bertz CT molecular complexity index is 623. The molecule has 0 aromatic heterocycles. The third-order valence-corrected chi connectivity index (χ3v) is 3.96. The highest BCUT2D eigenvalue weighted by Crippen LogP contribution is 2.29. The molecular formula is C19H23NO2. The van der Waals surface area contributed by atoms with E-state index in [1.165, 1.54) is 0 Å². The van der Waals surface area contributed by atoms with Gasteiger partial charge in [0.1, 0.15) is 5.75 Å². The topological polar surface area (TPSA) is 49.3 Å². The molecule has 22 heavy (non-hydrogen) atoms. The van der Waals surface area contributed by atoms with Gasteiger partial charge >= 0.3 is 0 Å². The number of hydrogen-bond donors (Lipinski definition) is 2. The number of nitrogens with one attached hydrogen (secondary N) is 1. The molecule has 0 aliphatic heterocycles. The number of anilines is 1. The van der Waals surface area contributed by atoms with Crippen molar-refractivity contribution in [1.29, 1.82) is 0 Å². The lowest BCUT2D eigenvalue weighted by molar-refractivity contribution is -0.116. The fraction of sp³-hybridized carbons (Fsp3) is 0.316. The Morgan fingerprint density at radius 2 is 1.91 bits per heavy atom. The number of carbonyl (C=O) groups excluding carboxylic acids is 1. The van der Waals surface area contributed by atoms with E-state index in [0.717, 1.165) is 17.5 Å².